The van der Waals surface area contributed by atoms with Crippen molar-refractivity contribution in [2.75, 3.05) is 40.7 Å². The van der Waals surface area contributed by atoms with Gasteiger partial charge in [0.15, 0.2) is 0 Å². The second-order valence-corrected chi connectivity index (χ2v) is 5.89. The Labute approximate surface area is 124 Å². The van der Waals surface area contributed by atoms with Crippen molar-refractivity contribution in [3.8, 4) is 0 Å². The highest BCUT2D eigenvalue weighted by Gasteiger charge is 2.16. The molecule has 0 aromatic carbocycles. The van der Waals surface area contributed by atoms with Crippen molar-refractivity contribution in [2.24, 2.45) is 5.84 Å². The first kappa shape index (κ1) is 15.1. The third-order valence-electron chi connectivity index (χ3n) is 3.18. The minimum atomic E-state index is 0.298. The van der Waals surface area contributed by atoms with Crippen LogP contribution in [0.2, 0.25) is 0 Å². The molecule has 0 saturated carbocycles. The highest BCUT2D eigenvalue weighted by atomic mass is 32.2. The monoisotopic (exact) mass is 297 g/mol. The molecule has 0 spiro atoms. The summed E-state index contributed by atoms with van der Waals surface area (Å²) in [6.07, 6.45) is 5.72. The molecule has 1 aliphatic heterocycles. The first-order valence-electron chi connectivity index (χ1n) is 6.96. The lowest BCUT2D eigenvalue weighted by molar-refractivity contribution is 0.567. The summed E-state index contributed by atoms with van der Waals surface area (Å²) in [6, 6.07) is 0.298. The lowest BCUT2D eigenvalue weighted by Gasteiger charge is -2.27. The summed E-state index contributed by atoms with van der Waals surface area (Å²) in [6.45, 7) is 4.10. The molecule has 1 atom stereocenters. The van der Waals surface area contributed by atoms with Crippen molar-refractivity contribution in [1.82, 2.24) is 15.0 Å². The SMILES string of the molecule is CSCC(C)Nc1nc(NN)nc(N2CCCCC2)n1. The van der Waals surface area contributed by atoms with E-state index in [0.717, 1.165) is 18.8 Å². The topological polar surface area (TPSA) is 92.0 Å². The number of hydrogen-bond acceptors (Lipinski definition) is 8. The van der Waals surface area contributed by atoms with E-state index >= 15 is 0 Å². The maximum absolute atomic E-state index is 5.45. The number of thioether (sulfide) groups is 1. The molecule has 1 unspecified atom stereocenters. The van der Waals surface area contributed by atoms with Crippen LogP contribution < -0.4 is 21.5 Å². The van der Waals surface area contributed by atoms with Crippen LogP contribution in [0.3, 0.4) is 0 Å². The van der Waals surface area contributed by atoms with Gasteiger partial charge in [-0.05, 0) is 32.4 Å². The van der Waals surface area contributed by atoms with E-state index in [1.165, 1.54) is 19.3 Å². The van der Waals surface area contributed by atoms with Crippen molar-refractivity contribution in [1.29, 1.82) is 0 Å². The van der Waals surface area contributed by atoms with E-state index in [9.17, 15) is 0 Å². The molecule has 1 aromatic rings. The van der Waals surface area contributed by atoms with Gasteiger partial charge in [0.05, 0.1) is 0 Å². The molecule has 4 N–H and O–H groups in total. The number of nitrogens with zero attached hydrogens (tertiary/aromatic N) is 4. The molecule has 0 radical (unpaired) electrons. The summed E-state index contributed by atoms with van der Waals surface area (Å²) < 4.78 is 0. The maximum atomic E-state index is 5.45. The minimum Gasteiger partial charge on any atom is -0.351 e. The van der Waals surface area contributed by atoms with Crippen LogP contribution in [0.25, 0.3) is 0 Å². The van der Waals surface area contributed by atoms with Crippen molar-refractivity contribution >= 4 is 29.6 Å². The van der Waals surface area contributed by atoms with Crippen molar-refractivity contribution in [2.45, 2.75) is 32.2 Å². The lowest BCUT2D eigenvalue weighted by Crippen LogP contribution is -2.32. The number of anilines is 3. The van der Waals surface area contributed by atoms with Crippen LogP contribution >= 0.6 is 11.8 Å². The largest absolute Gasteiger partial charge is 0.351 e. The first-order valence-corrected chi connectivity index (χ1v) is 8.35. The normalized spacial score (nSPS) is 16.9. The van der Waals surface area contributed by atoms with Crippen LogP contribution in [-0.2, 0) is 0 Å². The number of nitrogens with one attached hydrogen (secondary N) is 2. The van der Waals surface area contributed by atoms with Crippen LogP contribution in [0.15, 0.2) is 0 Å². The Morgan fingerprint density at radius 2 is 1.90 bits per heavy atom. The van der Waals surface area contributed by atoms with Crippen molar-refractivity contribution in [3.05, 3.63) is 0 Å². The minimum absolute atomic E-state index is 0.298. The summed E-state index contributed by atoms with van der Waals surface area (Å²) in [5.74, 6) is 8.13. The van der Waals surface area contributed by atoms with Crippen LogP contribution in [0.4, 0.5) is 17.8 Å². The van der Waals surface area contributed by atoms with Crippen molar-refractivity contribution in [3.63, 3.8) is 0 Å². The Morgan fingerprint density at radius 3 is 2.55 bits per heavy atom. The molecular formula is C12H23N7S. The summed E-state index contributed by atoms with van der Waals surface area (Å²) in [4.78, 5) is 15.3. The van der Waals surface area contributed by atoms with Gasteiger partial charge in [-0.3, -0.25) is 5.43 Å². The molecular weight excluding hydrogens is 274 g/mol. The highest BCUT2D eigenvalue weighted by Crippen LogP contribution is 2.18. The first-order chi connectivity index (χ1) is 9.72. The molecule has 8 heteroatoms. The number of hydrazine groups is 1. The molecule has 0 aliphatic carbocycles. The lowest BCUT2D eigenvalue weighted by atomic mass is 10.1. The molecule has 2 heterocycles. The van der Waals surface area contributed by atoms with Gasteiger partial charge in [0.1, 0.15) is 0 Å². The molecule has 1 aromatic heterocycles. The average Bonchev–Trinajstić information content (AvgIpc) is 2.48. The van der Waals surface area contributed by atoms with Crippen LogP contribution in [0.1, 0.15) is 26.2 Å². The van der Waals surface area contributed by atoms with Gasteiger partial charge in [0, 0.05) is 24.9 Å². The number of nitrogen functional groups attached to an aromatic ring is 1. The van der Waals surface area contributed by atoms with Crippen molar-refractivity contribution < 1.29 is 0 Å². The zero-order valence-corrected chi connectivity index (χ0v) is 12.9. The highest BCUT2D eigenvalue weighted by molar-refractivity contribution is 7.98. The summed E-state index contributed by atoms with van der Waals surface area (Å²) in [7, 11) is 0. The third-order valence-corrected chi connectivity index (χ3v) is 4.02. The molecule has 20 heavy (non-hydrogen) atoms. The zero-order chi connectivity index (χ0) is 14.4. The molecule has 1 saturated heterocycles. The summed E-state index contributed by atoms with van der Waals surface area (Å²) in [5, 5.41) is 3.29. The van der Waals surface area contributed by atoms with E-state index in [-0.39, 0.29) is 0 Å². The van der Waals surface area contributed by atoms with E-state index in [1.54, 1.807) is 11.8 Å². The molecule has 0 bridgehead atoms. The fourth-order valence-electron chi connectivity index (χ4n) is 2.24. The number of piperidine rings is 1. The number of aromatic nitrogens is 3. The maximum Gasteiger partial charge on any atom is 0.243 e. The molecule has 112 valence electrons. The molecule has 7 nitrogen and oxygen atoms in total. The van der Waals surface area contributed by atoms with Crippen LogP contribution in [-0.4, -0.2) is 46.1 Å². The smallest absolute Gasteiger partial charge is 0.243 e. The van der Waals surface area contributed by atoms with E-state index in [2.05, 4.69) is 43.8 Å². The number of rotatable bonds is 6. The van der Waals surface area contributed by atoms with E-state index in [4.69, 9.17) is 5.84 Å². The van der Waals surface area contributed by atoms with Gasteiger partial charge < -0.3 is 10.2 Å². The average molecular weight is 297 g/mol. The van der Waals surface area contributed by atoms with Gasteiger partial charge in [-0.15, -0.1) is 0 Å². The summed E-state index contributed by atoms with van der Waals surface area (Å²) >= 11 is 1.79. The van der Waals surface area contributed by atoms with Gasteiger partial charge >= 0.3 is 0 Å². The standard InChI is InChI=1S/C12H23N7S/c1-9(8-20-2)14-10-15-11(18-13)17-12(16-10)19-6-4-3-5-7-19/h9H,3-8,13H2,1-2H3,(H2,14,15,16,17,18). The number of nitrogens with two attached hydrogens (primary N) is 1. The second kappa shape index (κ2) is 7.49. The van der Waals surface area contributed by atoms with E-state index in [0.29, 0.717) is 23.9 Å². The van der Waals surface area contributed by atoms with Gasteiger partial charge in [0.2, 0.25) is 17.8 Å². The Bertz CT molecular complexity index is 422. The Balaban J connectivity index is 2.14. The van der Waals surface area contributed by atoms with Gasteiger partial charge in [-0.25, -0.2) is 5.84 Å². The van der Waals surface area contributed by atoms with E-state index < -0.39 is 0 Å². The van der Waals surface area contributed by atoms with Crippen LogP contribution in [0.5, 0.6) is 0 Å². The molecule has 1 fully saturated rings. The molecule has 0 amide bonds. The Morgan fingerprint density at radius 1 is 1.20 bits per heavy atom. The van der Waals surface area contributed by atoms with Gasteiger partial charge in [-0.2, -0.15) is 26.7 Å². The number of hydrogen-bond donors (Lipinski definition) is 3. The van der Waals surface area contributed by atoms with Gasteiger partial charge in [0.25, 0.3) is 0 Å². The van der Waals surface area contributed by atoms with Gasteiger partial charge in [-0.1, -0.05) is 0 Å². The fraction of sp³-hybridized carbons (Fsp3) is 0.750. The Hall–Kier alpha value is -1.28. The van der Waals surface area contributed by atoms with E-state index in [1.807, 2.05) is 0 Å². The Kier molecular flexibility index (Phi) is 5.66. The predicted molar refractivity (Wildman–Crippen MR) is 85.2 cm³/mol. The molecule has 2 rings (SSSR count). The summed E-state index contributed by atoms with van der Waals surface area (Å²) in [5.41, 5.74) is 2.52. The second-order valence-electron chi connectivity index (χ2n) is 4.98. The van der Waals surface area contributed by atoms with Crippen LogP contribution in [0, 0.1) is 0 Å². The molecule has 1 aliphatic rings. The quantitative estimate of drug-likeness (QED) is 0.535. The fourth-order valence-corrected chi connectivity index (χ4v) is 2.82. The zero-order valence-electron chi connectivity index (χ0n) is 12.1. The predicted octanol–water partition coefficient (Wildman–Crippen LogP) is 1.31. The third kappa shape index (κ3) is 4.11.